The Bertz CT molecular complexity index is 1180. The summed E-state index contributed by atoms with van der Waals surface area (Å²) in [6.45, 7) is 1.06. The largest absolute Gasteiger partial charge is 0.338 e. The first-order chi connectivity index (χ1) is 14.8. The monoisotopic (exact) mass is 462 g/mol. The molecule has 0 aliphatic carbocycles. The molecule has 1 N–H and O–H groups in total. The van der Waals surface area contributed by atoms with Crippen LogP contribution in [0.15, 0.2) is 66.1 Å². The second-order valence-corrected chi connectivity index (χ2v) is 9.38. The van der Waals surface area contributed by atoms with Gasteiger partial charge in [0.1, 0.15) is 5.82 Å². The Morgan fingerprint density at radius 3 is 2.48 bits per heavy atom. The van der Waals surface area contributed by atoms with E-state index in [-0.39, 0.29) is 33.1 Å². The number of halogens is 2. The molecule has 2 aromatic carbocycles. The zero-order valence-electron chi connectivity index (χ0n) is 16.4. The minimum absolute atomic E-state index is 0.0992. The Morgan fingerprint density at radius 1 is 1.13 bits per heavy atom. The molecule has 1 saturated heterocycles. The van der Waals surface area contributed by atoms with Gasteiger partial charge in [0.25, 0.3) is 15.9 Å². The molecule has 1 fully saturated rings. The fourth-order valence-electron chi connectivity index (χ4n) is 3.59. The van der Waals surface area contributed by atoms with Crippen LogP contribution in [0.3, 0.4) is 0 Å². The van der Waals surface area contributed by atoms with Gasteiger partial charge in [0, 0.05) is 37.2 Å². The predicted octanol–water partition coefficient (Wildman–Crippen LogP) is 3.95. The van der Waals surface area contributed by atoms with Gasteiger partial charge in [-0.25, -0.2) is 17.8 Å². The standard InChI is InChI=1S/C21H20ClFN4O3S/c22-20-6-5-18(31(29,30)25-16-3-1-15(23)2-4-16)13-19(20)21(28)26-10-7-17(8-11-26)27-12-9-24-14-27/h1-6,9,12-14,17,25H,7-8,10-11H2. The predicted molar refractivity (Wildman–Crippen MR) is 115 cm³/mol. The third-order valence-corrected chi connectivity index (χ3v) is 6.98. The summed E-state index contributed by atoms with van der Waals surface area (Å²) in [7, 11) is -3.98. The summed E-state index contributed by atoms with van der Waals surface area (Å²) in [5.74, 6) is -0.785. The van der Waals surface area contributed by atoms with E-state index in [4.69, 9.17) is 11.6 Å². The molecule has 0 spiro atoms. The van der Waals surface area contributed by atoms with E-state index in [1.54, 1.807) is 17.4 Å². The summed E-state index contributed by atoms with van der Waals surface area (Å²) in [5, 5.41) is 0.183. The lowest BCUT2D eigenvalue weighted by Crippen LogP contribution is -2.39. The molecule has 0 radical (unpaired) electrons. The van der Waals surface area contributed by atoms with Crippen molar-refractivity contribution in [3.05, 3.63) is 77.6 Å². The second-order valence-electron chi connectivity index (χ2n) is 7.29. The third kappa shape index (κ3) is 4.72. The fourth-order valence-corrected chi connectivity index (χ4v) is 4.87. The van der Waals surface area contributed by atoms with Gasteiger partial charge in [-0.1, -0.05) is 11.6 Å². The number of benzene rings is 2. The number of carbonyl (C=O) groups is 1. The van der Waals surface area contributed by atoms with Crippen molar-refractivity contribution in [3.63, 3.8) is 0 Å². The number of hydrogen-bond donors (Lipinski definition) is 1. The van der Waals surface area contributed by atoms with Gasteiger partial charge in [-0.15, -0.1) is 0 Å². The number of hydrogen-bond acceptors (Lipinski definition) is 4. The Morgan fingerprint density at radius 2 is 1.84 bits per heavy atom. The highest BCUT2D eigenvalue weighted by atomic mass is 35.5. The molecule has 0 unspecified atom stereocenters. The molecule has 1 aliphatic rings. The molecule has 0 bridgehead atoms. The topological polar surface area (TPSA) is 84.3 Å². The van der Waals surface area contributed by atoms with Gasteiger partial charge < -0.3 is 9.47 Å². The summed E-state index contributed by atoms with van der Waals surface area (Å²) < 4.78 is 43.0. The lowest BCUT2D eigenvalue weighted by molar-refractivity contribution is 0.0694. The summed E-state index contributed by atoms with van der Waals surface area (Å²) in [6.07, 6.45) is 6.93. The molecule has 0 saturated carbocycles. The molecule has 10 heteroatoms. The molecule has 2 heterocycles. The van der Waals surface area contributed by atoms with Gasteiger partial charge in [-0.05, 0) is 55.3 Å². The molecule has 7 nitrogen and oxygen atoms in total. The van der Waals surface area contributed by atoms with Crippen LogP contribution in [-0.2, 0) is 10.0 Å². The van der Waals surface area contributed by atoms with Crippen molar-refractivity contribution in [2.75, 3.05) is 17.8 Å². The van der Waals surface area contributed by atoms with Crippen molar-refractivity contribution >= 4 is 33.2 Å². The van der Waals surface area contributed by atoms with E-state index in [9.17, 15) is 17.6 Å². The molecule has 162 valence electrons. The van der Waals surface area contributed by atoms with Crippen molar-refractivity contribution in [3.8, 4) is 0 Å². The number of carbonyl (C=O) groups excluding carboxylic acids is 1. The summed E-state index contributed by atoms with van der Waals surface area (Å²) in [4.78, 5) is 18.7. The van der Waals surface area contributed by atoms with Crippen molar-refractivity contribution in [2.45, 2.75) is 23.8 Å². The number of imidazole rings is 1. The molecule has 0 atom stereocenters. The first kappa shape index (κ1) is 21.3. The second kappa shape index (κ2) is 8.68. The van der Waals surface area contributed by atoms with Gasteiger partial charge in [-0.3, -0.25) is 9.52 Å². The van der Waals surface area contributed by atoms with Gasteiger partial charge >= 0.3 is 0 Å². The number of nitrogens with one attached hydrogen (secondary N) is 1. The van der Waals surface area contributed by atoms with E-state index in [1.807, 2.05) is 10.8 Å². The van der Waals surface area contributed by atoms with Crippen LogP contribution in [0.25, 0.3) is 0 Å². The molecule has 1 amide bonds. The summed E-state index contributed by atoms with van der Waals surface area (Å²) in [6, 6.07) is 9.22. The molecule has 4 rings (SSSR count). The van der Waals surface area contributed by atoms with Crippen molar-refractivity contribution < 1.29 is 17.6 Å². The Balaban J connectivity index is 1.51. The highest BCUT2D eigenvalue weighted by molar-refractivity contribution is 7.92. The minimum atomic E-state index is -3.98. The van der Waals surface area contributed by atoms with Gasteiger partial charge in [0.2, 0.25) is 0 Å². The molecule has 3 aromatic rings. The molecule has 1 aromatic heterocycles. The smallest absolute Gasteiger partial charge is 0.261 e. The van der Waals surface area contributed by atoms with Crippen LogP contribution in [-0.4, -0.2) is 41.9 Å². The van der Waals surface area contributed by atoms with E-state index < -0.39 is 15.8 Å². The highest BCUT2D eigenvalue weighted by Gasteiger charge is 2.27. The number of anilines is 1. The SMILES string of the molecule is O=C(c1cc(S(=O)(=O)Nc2ccc(F)cc2)ccc1Cl)N1CCC(n2ccnc2)CC1. The molecular formula is C21H20ClFN4O3S. The summed E-state index contributed by atoms with van der Waals surface area (Å²) in [5.41, 5.74) is 0.343. The minimum Gasteiger partial charge on any atom is -0.338 e. The van der Waals surface area contributed by atoms with Crippen molar-refractivity contribution in [2.24, 2.45) is 0 Å². The zero-order valence-corrected chi connectivity index (χ0v) is 18.0. The maximum absolute atomic E-state index is 13.1. The Kier molecular flexibility index (Phi) is 5.97. The number of likely N-dealkylation sites (tertiary alicyclic amines) is 1. The Labute approximate surface area is 184 Å². The van der Waals surface area contributed by atoms with Crippen LogP contribution < -0.4 is 4.72 Å². The number of amides is 1. The van der Waals surface area contributed by atoms with Crippen LogP contribution >= 0.6 is 11.6 Å². The lowest BCUT2D eigenvalue weighted by atomic mass is 10.0. The maximum atomic E-state index is 13.1. The number of nitrogens with zero attached hydrogens (tertiary/aromatic N) is 3. The van der Waals surface area contributed by atoms with Crippen molar-refractivity contribution in [1.29, 1.82) is 0 Å². The normalized spacial score (nSPS) is 15.1. The van der Waals surface area contributed by atoms with Crippen LogP contribution in [0.1, 0.15) is 29.2 Å². The first-order valence-corrected chi connectivity index (χ1v) is 11.5. The fraction of sp³-hybridized carbons (Fsp3) is 0.238. The van der Waals surface area contributed by atoms with E-state index in [1.165, 1.54) is 30.3 Å². The third-order valence-electron chi connectivity index (χ3n) is 5.27. The number of rotatable bonds is 5. The average Bonchev–Trinajstić information content (AvgIpc) is 3.30. The van der Waals surface area contributed by atoms with E-state index >= 15 is 0 Å². The lowest BCUT2D eigenvalue weighted by Gasteiger charge is -2.32. The Hall–Kier alpha value is -2.91. The van der Waals surface area contributed by atoms with Crippen LogP contribution in [0, 0.1) is 5.82 Å². The van der Waals surface area contributed by atoms with Gasteiger partial charge in [0.15, 0.2) is 0 Å². The van der Waals surface area contributed by atoms with Crippen LogP contribution in [0.4, 0.5) is 10.1 Å². The van der Waals surface area contributed by atoms with E-state index in [2.05, 4.69) is 9.71 Å². The average molecular weight is 463 g/mol. The van der Waals surface area contributed by atoms with Gasteiger partial charge in [-0.2, -0.15) is 0 Å². The van der Waals surface area contributed by atoms with Crippen LogP contribution in [0.2, 0.25) is 5.02 Å². The van der Waals surface area contributed by atoms with Crippen LogP contribution in [0.5, 0.6) is 0 Å². The maximum Gasteiger partial charge on any atom is 0.261 e. The number of sulfonamides is 1. The molecule has 1 aliphatic heterocycles. The highest BCUT2D eigenvalue weighted by Crippen LogP contribution is 2.27. The van der Waals surface area contributed by atoms with Gasteiger partial charge in [0.05, 0.1) is 21.8 Å². The molecule has 31 heavy (non-hydrogen) atoms. The van der Waals surface area contributed by atoms with E-state index in [0.29, 0.717) is 13.1 Å². The number of piperidine rings is 1. The van der Waals surface area contributed by atoms with Crippen molar-refractivity contribution in [1.82, 2.24) is 14.5 Å². The molecular weight excluding hydrogens is 443 g/mol. The first-order valence-electron chi connectivity index (χ1n) is 9.68. The zero-order chi connectivity index (χ0) is 22.0. The quantitative estimate of drug-likeness (QED) is 0.622. The van der Waals surface area contributed by atoms with E-state index in [0.717, 1.165) is 25.0 Å². The number of aromatic nitrogens is 2. The summed E-state index contributed by atoms with van der Waals surface area (Å²) >= 11 is 6.23.